The molecule has 4 aromatic rings. The quantitative estimate of drug-likeness (QED) is 0.523. The smallest absolute Gasteiger partial charge is 0.281 e. The zero-order valence-electron chi connectivity index (χ0n) is 16.2. The van der Waals surface area contributed by atoms with E-state index >= 15 is 0 Å². The fourth-order valence-corrected chi connectivity index (χ4v) is 3.03. The van der Waals surface area contributed by atoms with E-state index in [0.29, 0.717) is 5.56 Å². The van der Waals surface area contributed by atoms with Crippen LogP contribution in [0.5, 0.6) is 0 Å². The van der Waals surface area contributed by atoms with Gasteiger partial charge in [0.1, 0.15) is 11.5 Å². The van der Waals surface area contributed by atoms with Crippen LogP contribution in [0.4, 0.5) is 10.1 Å². The fourth-order valence-electron chi connectivity index (χ4n) is 3.03. The van der Waals surface area contributed by atoms with Gasteiger partial charge in [0, 0.05) is 18.3 Å². The molecule has 154 valence electrons. The van der Waals surface area contributed by atoms with E-state index in [-0.39, 0.29) is 29.3 Å². The Bertz CT molecular complexity index is 1320. The Labute approximate surface area is 176 Å². The summed E-state index contributed by atoms with van der Waals surface area (Å²) >= 11 is 0. The molecule has 31 heavy (non-hydrogen) atoms. The highest BCUT2D eigenvalue weighted by Crippen LogP contribution is 2.11. The normalized spacial score (nSPS) is 10.6. The molecule has 7 nitrogen and oxygen atoms in total. The zero-order chi connectivity index (χ0) is 21.8. The molecular weight excluding hydrogens is 399 g/mol. The van der Waals surface area contributed by atoms with Gasteiger partial charge in [0.15, 0.2) is 5.65 Å². The fraction of sp³-hybridized carbons (Fsp3) is 0.0435. The van der Waals surface area contributed by atoms with Crippen LogP contribution >= 0.6 is 0 Å². The summed E-state index contributed by atoms with van der Waals surface area (Å²) in [5.41, 5.74) is 0.967. The number of amides is 2. The lowest BCUT2D eigenvalue weighted by atomic mass is 10.2. The molecule has 2 amide bonds. The number of aromatic nitrogens is 2. The molecule has 0 radical (unpaired) electrons. The maximum atomic E-state index is 13.0. The summed E-state index contributed by atoms with van der Waals surface area (Å²) in [6, 6.07) is 17.3. The minimum absolute atomic E-state index is 0.00442. The first kappa shape index (κ1) is 20.0. The number of carbonyl (C=O) groups is 2. The van der Waals surface area contributed by atoms with Gasteiger partial charge in [-0.1, -0.05) is 30.3 Å². The molecule has 0 aliphatic rings. The van der Waals surface area contributed by atoms with Crippen LogP contribution in [0.2, 0.25) is 0 Å². The van der Waals surface area contributed by atoms with E-state index < -0.39 is 17.4 Å². The monoisotopic (exact) mass is 416 g/mol. The van der Waals surface area contributed by atoms with Gasteiger partial charge in [0.2, 0.25) is 0 Å². The van der Waals surface area contributed by atoms with Crippen molar-refractivity contribution in [3.63, 3.8) is 0 Å². The second kappa shape index (κ2) is 8.58. The Morgan fingerprint density at radius 2 is 1.68 bits per heavy atom. The van der Waals surface area contributed by atoms with E-state index in [1.807, 2.05) is 0 Å². The summed E-state index contributed by atoms with van der Waals surface area (Å²) in [5, 5.41) is 5.28. The van der Waals surface area contributed by atoms with Gasteiger partial charge < -0.3 is 10.6 Å². The molecule has 0 spiro atoms. The Morgan fingerprint density at radius 1 is 0.935 bits per heavy atom. The minimum atomic E-state index is -0.512. The van der Waals surface area contributed by atoms with Crippen LogP contribution in [-0.4, -0.2) is 21.2 Å². The van der Waals surface area contributed by atoms with Crippen molar-refractivity contribution in [1.82, 2.24) is 14.7 Å². The first-order valence-electron chi connectivity index (χ1n) is 9.42. The number of nitrogens with one attached hydrogen (secondary N) is 2. The Hall–Kier alpha value is -4.33. The third-order valence-electron chi connectivity index (χ3n) is 4.63. The van der Waals surface area contributed by atoms with Gasteiger partial charge in [-0.15, -0.1) is 0 Å². The predicted octanol–water partition coefficient (Wildman–Crippen LogP) is 3.02. The molecule has 2 aromatic heterocycles. The molecule has 0 fully saturated rings. The molecule has 2 aromatic carbocycles. The van der Waals surface area contributed by atoms with Crippen molar-refractivity contribution >= 4 is 23.1 Å². The number of benzene rings is 2. The number of carbonyl (C=O) groups excluding carboxylic acids is 2. The van der Waals surface area contributed by atoms with Gasteiger partial charge >= 0.3 is 0 Å². The number of halogens is 1. The number of hydrogen-bond acceptors (Lipinski definition) is 4. The molecular formula is C23H17FN4O3. The standard InChI is InChI=1S/C23H17FN4O3/c24-17-10-8-15(9-11-17)13-26-22(30)18-7-4-12-28-20(18)25-14-19(23(28)31)27-21(29)16-5-2-1-3-6-16/h1-12,14H,13H2,(H,26,30)(H,27,29). The molecule has 0 aliphatic carbocycles. The van der Waals surface area contributed by atoms with Crippen LogP contribution in [0.3, 0.4) is 0 Å². The largest absolute Gasteiger partial charge is 0.348 e. The van der Waals surface area contributed by atoms with Gasteiger partial charge in [0.25, 0.3) is 17.4 Å². The maximum Gasteiger partial charge on any atom is 0.281 e. The van der Waals surface area contributed by atoms with E-state index in [1.54, 1.807) is 54.6 Å². The highest BCUT2D eigenvalue weighted by atomic mass is 19.1. The summed E-state index contributed by atoms with van der Waals surface area (Å²) in [6.45, 7) is 0.190. The summed E-state index contributed by atoms with van der Waals surface area (Å²) in [7, 11) is 0. The third-order valence-corrected chi connectivity index (χ3v) is 4.63. The number of anilines is 1. The summed E-state index contributed by atoms with van der Waals surface area (Å²) < 4.78 is 14.2. The van der Waals surface area contributed by atoms with Gasteiger partial charge in [-0.2, -0.15) is 0 Å². The molecule has 0 unspecified atom stereocenters. The Morgan fingerprint density at radius 3 is 2.42 bits per heavy atom. The second-order valence-corrected chi connectivity index (χ2v) is 6.72. The Balaban J connectivity index is 1.58. The first-order valence-corrected chi connectivity index (χ1v) is 9.42. The maximum absolute atomic E-state index is 13.0. The first-order chi connectivity index (χ1) is 15.0. The van der Waals surface area contributed by atoms with Crippen LogP contribution in [0.25, 0.3) is 5.65 Å². The van der Waals surface area contributed by atoms with E-state index in [1.165, 1.54) is 28.9 Å². The van der Waals surface area contributed by atoms with E-state index in [9.17, 15) is 18.8 Å². The van der Waals surface area contributed by atoms with Crippen molar-refractivity contribution in [3.05, 3.63) is 112 Å². The van der Waals surface area contributed by atoms with Gasteiger partial charge in [0.05, 0.1) is 11.8 Å². The average Bonchev–Trinajstić information content (AvgIpc) is 2.80. The lowest BCUT2D eigenvalue weighted by Gasteiger charge is -2.10. The van der Waals surface area contributed by atoms with Crippen molar-refractivity contribution in [1.29, 1.82) is 0 Å². The predicted molar refractivity (Wildman–Crippen MR) is 113 cm³/mol. The van der Waals surface area contributed by atoms with E-state index in [2.05, 4.69) is 15.6 Å². The molecule has 8 heteroatoms. The molecule has 0 aliphatic heterocycles. The van der Waals surface area contributed by atoms with Crippen LogP contribution in [0, 0.1) is 5.82 Å². The lowest BCUT2D eigenvalue weighted by Crippen LogP contribution is -2.27. The van der Waals surface area contributed by atoms with Crippen molar-refractivity contribution in [2.75, 3.05) is 5.32 Å². The van der Waals surface area contributed by atoms with Crippen molar-refractivity contribution < 1.29 is 14.0 Å². The number of nitrogens with zero attached hydrogens (tertiary/aromatic N) is 2. The zero-order valence-corrected chi connectivity index (χ0v) is 16.2. The number of rotatable bonds is 5. The summed E-state index contributed by atoms with van der Waals surface area (Å²) in [6.07, 6.45) is 2.70. The molecule has 4 rings (SSSR count). The average molecular weight is 416 g/mol. The highest BCUT2D eigenvalue weighted by molar-refractivity contribution is 6.04. The van der Waals surface area contributed by atoms with Gasteiger partial charge in [-0.05, 0) is 42.0 Å². The Kier molecular flexibility index (Phi) is 5.53. The molecule has 0 saturated carbocycles. The highest BCUT2D eigenvalue weighted by Gasteiger charge is 2.15. The third kappa shape index (κ3) is 4.32. The van der Waals surface area contributed by atoms with Crippen LogP contribution in [0.15, 0.2) is 83.9 Å². The molecule has 2 N–H and O–H groups in total. The van der Waals surface area contributed by atoms with Crippen LogP contribution in [-0.2, 0) is 6.54 Å². The topological polar surface area (TPSA) is 92.6 Å². The van der Waals surface area contributed by atoms with E-state index in [4.69, 9.17) is 0 Å². The van der Waals surface area contributed by atoms with E-state index in [0.717, 1.165) is 5.56 Å². The number of fused-ring (bicyclic) bond motifs is 1. The van der Waals surface area contributed by atoms with Gasteiger partial charge in [-0.25, -0.2) is 9.37 Å². The molecule has 0 atom stereocenters. The van der Waals surface area contributed by atoms with Crippen molar-refractivity contribution in [2.24, 2.45) is 0 Å². The van der Waals surface area contributed by atoms with Crippen molar-refractivity contribution in [2.45, 2.75) is 6.54 Å². The lowest BCUT2D eigenvalue weighted by molar-refractivity contribution is 0.0951. The van der Waals surface area contributed by atoms with Crippen molar-refractivity contribution in [3.8, 4) is 0 Å². The second-order valence-electron chi connectivity index (χ2n) is 6.72. The van der Waals surface area contributed by atoms with Crippen LogP contribution < -0.4 is 16.2 Å². The summed E-state index contributed by atoms with van der Waals surface area (Å²) in [4.78, 5) is 42.0. The molecule has 0 bridgehead atoms. The molecule has 2 heterocycles. The van der Waals surface area contributed by atoms with Crippen LogP contribution in [0.1, 0.15) is 26.3 Å². The molecule has 0 saturated heterocycles. The van der Waals surface area contributed by atoms with Gasteiger partial charge in [-0.3, -0.25) is 18.8 Å². The summed E-state index contributed by atoms with van der Waals surface area (Å²) in [5.74, 6) is -1.23. The minimum Gasteiger partial charge on any atom is -0.348 e. The SMILES string of the molecule is O=C(Nc1cnc2c(C(=O)NCc3ccc(F)cc3)cccn2c1=O)c1ccccc1. The number of hydrogen-bond donors (Lipinski definition) is 2. The number of pyridine rings is 1.